The standard InChI is InChI=1S/C24H29N3O7S/c1-24(2,3)15-12-16(21(32-5)17(13-15)26-35(7,30)31)25-22(28)18-11-14-9-8-10-19(20(14)27(18)4)34-23(29)33-6/h8-13,26H,1-7H3,(H,25,28). The highest BCUT2D eigenvalue weighted by Gasteiger charge is 2.24. The second-order valence-electron chi connectivity index (χ2n) is 9.02. The summed E-state index contributed by atoms with van der Waals surface area (Å²) in [7, 11) is 0.657. The molecule has 3 rings (SSSR count). The summed E-state index contributed by atoms with van der Waals surface area (Å²) in [5.74, 6) is -0.0597. The SMILES string of the molecule is COC(=O)Oc1cccc2cc(C(=O)Nc3cc(C(C)(C)C)cc(NS(C)(=O)=O)c3OC)n(C)c12. The fourth-order valence-electron chi connectivity index (χ4n) is 3.65. The van der Waals surface area contributed by atoms with Gasteiger partial charge in [0.1, 0.15) is 5.69 Å². The normalized spacial score (nSPS) is 11.7. The topological polar surface area (TPSA) is 125 Å². The molecule has 0 saturated carbocycles. The summed E-state index contributed by atoms with van der Waals surface area (Å²) in [4.78, 5) is 25.0. The van der Waals surface area contributed by atoms with Crippen molar-refractivity contribution < 1.29 is 32.2 Å². The molecule has 35 heavy (non-hydrogen) atoms. The van der Waals surface area contributed by atoms with Crippen LogP contribution in [0.3, 0.4) is 0 Å². The quantitative estimate of drug-likeness (QED) is 0.380. The molecule has 0 atom stereocenters. The number of nitrogens with zero attached hydrogens (tertiary/aromatic N) is 1. The Morgan fingerprint density at radius 2 is 1.69 bits per heavy atom. The van der Waals surface area contributed by atoms with Gasteiger partial charge in [0.25, 0.3) is 5.91 Å². The van der Waals surface area contributed by atoms with Crippen LogP contribution in [0.2, 0.25) is 0 Å². The molecule has 0 aliphatic carbocycles. The zero-order chi connectivity index (χ0) is 26.1. The number of para-hydroxylation sites is 1. The number of nitrogens with one attached hydrogen (secondary N) is 2. The molecule has 0 spiro atoms. The summed E-state index contributed by atoms with van der Waals surface area (Å²) < 4.78 is 43.2. The first kappa shape index (κ1) is 25.9. The summed E-state index contributed by atoms with van der Waals surface area (Å²) in [6, 6.07) is 10.2. The van der Waals surface area contributed by atoms with Crippen molar-refractivity contribution in [2.75, 3.05) is 30.5 Å². The number of methoxy groups -OCH3 is 2. The molecule has 2 N–H and O–H groups in total. The monoisotopic (exact) mass is 503 g/mol. The molecule has 0 radical (unpaired) electrons. The van der Waals surface area contributed by atoms with Crippen molar-refractivity contribution in [1.29, 1.82) is 0 Å². The molecule has 188 valence electrons. The molecule has 1 amide bonds. The van der Waals surface area contributed by atoms with Crippen molar-refractivity contribution in [3.05, 3.63) is 47.7 Å². The molecule has 2 aromatic carbocycles. The van der Waals surface area contributed by atoms with Gasteiger partial charge in [0.05, 0.1) is 37.4 Å². The number of aryl methyl sites for hydroxylation is 1. The Bertz CT molecular complexity index is 1400. The Labute approximate surface area is 204 Å². The number of carbonyl (C=O) groups is 2. The molecule has 3 aromatic rings. The zero-order valence-electron chi connectivity index (χ0n) is 20.7. The van der Waals surface area contributed by atoms with E-state index in [0.717, 1.165) is 11.8 Å². The van der Waals surface area contributed by atoms with Crippen LogP contribution in [0.25, 0.3) is 10.9 Å². The lowest BCUT2D eigenvalue weighted by Gasteiger charge is -2.24. The molecular weight excluding hydrogens is 474 g/mol. The van der Waals surface area contributed by atoms with Gasteiger partial charge in [0, 0.05) is 12.4 Å². The van der Waals surface area contributed by atoms with Crippen LogP contribution in [-0.4, -0.2) is 45.5 Å². The van der Waals surface area contributed by atoms with E-state index < -0.39 is 22.1 Å². The van der Waals surface area contributed by atoms with Gasteiger partial charge in [-0.15, -0.1) is 0 Å². The fourth-order valence-corrected chi connectivity index (χ4v) is 4.20. The highest BCUT2D eigenvalue weighted by molar-refractivity contribution is 7.92. The van der Waals surface area contributed by atoms with E-state index in [1.54, 1.807) is 48.0 Å². The summed E-state index contributed by atoms with van der Waals surface area (Å²) in [5.41, 5.74) is 1.75. The summed E-state index contributed by atoms with van der Waals surface area (Å²) >= 11 is 0. The van der Waals surface area contributed by atoms with Gasteiger partial charge in [0.15, 0.2) is 11.5 Å². The Hall–Kier alpha value is -3.73. The third-order valence-corrected chi connectivity index (χ3v) is 5.91. The number of amides is 1. The van der Waals surface area contributed by atoms with E-state index in [0.29, 0.717) is 16.6 Å². The number of sulfonamides is 1. The third kappa shape index (κ3) is 5.68. The van der Waals surface area contributed by atoms with Crippen molar-refractivity contribution in [2.24, 2.45) is 7.05 Å². The minimum Gasteiger partial charge on any atom is -0.492 e. The van der Waals surface area contributed by atoms with Gasteiger partial charge in [-0.1, -0.05) is 32.9 Å². The van der Waals surface area contributed by atoms with Gasteiger partial charge in [-0.05, 0) is 35.2 Å². The van der Waals surface area contributed by atoms with Crippen molar-refractivity contribution in [1.82, 2.24) is 4.57 Å². The third-order valence-electron chi connectivity index (χ3n) is 5.31. The van der Waals surface area contributed by atoms with Crippen LogP contribution >= 0.6 is 0 Å². The van der Waals surface area contributed by atoms with Crippen molar-refractivity contribution in [3.8, 4) is 11.5 Å². The first-order valence-electron chi connectivity index (χ1n) is 10.6. The first-order valence-corrected chi connectivity index (χ1v) is 12.5. The van der Waals surface area contributed by atoms with E-state index in [1.165, 1.54) is 14.2 Å². The molecule has 0 aliphatic heterocycles. The number of benzene rings is 2. The van der Waals surface area contributed by atoms with Gasteiger partial charge in [-0.25, -0.2) is 13.2 Å². The molecule has 0 bridgehead atoms. The lowest BCUT2D eigenvalue weighted by molar-refractivity contribution is 0.101. The smallest absolute Gasteiger partial charge is 0.492 e. The Morgan fingerprint density at radius 3 is 2.26 bits per heavy atom. The number of aromatic nitrogens is 1. The molecule has 0 aliphatic rings. The van der Waals surface area contributed by atoms with E-state index in [-0.39, 0.29) is 28.3 Å². The lowest BCUT2D eigenvalue weighted by Crippen LogP contribution is -2.19. The van der Waals surface area contributed by atoms with E-state index in [4.69, 9.17) is 9.47 Å². The maximum Gasteiger partial charge on any atom is 0.513 e. The highest BCUT2D eigenvalue weighted by Crippen LogP contribution is 2.39. The van der Waals surface area contributed by atoms with Gasteiger partial charge in [0.2, 0.25) is 10.0 Å². The molecule has 0 fully saturated rings. The van der Waals surface area contributed by atoms with Gasteiger partial charge in [-0.2, -0.15) is 0 Å². The van der Waals surface area contributed by atoms with Crippen LogP contribution in [0.5, 0.6) is 11.5 Å². The van der Waals surface area contributed by atoms with Crippen LogP contribution in [0.4, 0.5) is 16.2 Å². The maximum atomic E-state index is 13.4. The van der Waals surface area contributed by atoms with Crippen LogP contribution in [-0.2, 0) is 27.2 Å². The van der Waals surface area contributed by atoms with Crippen LogP contribution < -0.4 is 19.5 Å². The van der Waals surface area contributed by atoms with Crippen molar-refractivity contribution >= 4 is 44.4 Å². The largest absolute Gasteiger partial charge is 0.513 e. The average molecular weight is 504 g/mol. The summed E-state index contributed by atoms with van der Waals surface area (Å²) in [6.07, 6.45) is 0.164. The van der Waals surface area contributed by atoms with E-state index in [9.17, 15) is 18.0 Å². The molecule has 10 nitrogen and oxygen atoms in total. The number of rotatable bonds is 6. The van der Waals surface area contributed by atoms with E-state index >= 15 is 0 Å². The number of hydrogen-bond acceptors (Lipinski definition) is 7. The van der Waals surface area contributed by atoms with Gasteiger partial charge in [-0.3, -0.25) is 9.52 Å². The number of ether oxygens (including phenoxy) is 3. The number of anilines is 2. The minimum atomic E-state index is -3.61. The van der Waals surface area contributed by atoms with Gasteiger partial charge >= 0.3 is 6.16 Å². The lowest BCUT2D eigenvalue weighted by atomic mass is 9.86. The Balaban J connectivity index is 2.09. The number of fused-ring (bicyclic) bond motifs is 1. The second-order valence-corrected chi connectivity index (χ2v) is 10.8. The van der Waals surface area contributed by atoms with E-state index in [2.05, 4.69) is 14.8 Å². The minimum absolute atomic E-state index is 0.172. The molecule has 1 heterocycles. The molecule has 0 unspecified atom stereocenters. The van der Waals surface area contributed by atoms with Crippen LogP contribution in [0.15, 0.2) is 36.4 Å². The molecular formula is C24H29N3O7S. The van der Waals surface area contributed by atoms with Crippen molar-refractivity contribution in [2.45, 2.75) is 26.2 Å². The van der Waals surface area contributed by atoms with Crippen LogP contribution in [0.1, 0.15) is 36.8 Å². The number of carbonyl (C=O) groups excluding carboxylic acids is 2. The zero-order valence-corrected chi connectivity index (χ0v) is 21.5. The molecule has 11 heteroatoms. The van der Waals surface area contributed by atoms with E-state index in [1.807, 2.05) is 20.8 Å². The number of hydrogen-bond donors (Lipinski definition) is 2. The average Bonchev–Trinajstić information content (AvgIpc) is 3.09. The first-order chi connectivity index (χ1) is 16.2. The van der Waals surface area contributed by atoms with Crippen LogP contribution in [0, 0.1) is 0 Å². The molecule has 0 saturated heterocycles. The predicted octanol–water partition coefficient (Wildman–Crippen LogP) is 4.25. The predicted molar refractivity (Wildman–Crippen MR) is 134 cm³/mol. The Kier molecular flexibility index (Phi) is 7.02. The van der Waals surface area contributed by atoms with Crippen molar-refractivity contribution in [3.63, 3.8) is 0 Å². The fraction of sp³-hybridized carbons (Fsp3) is 0.333. The Morgan fingerprint density at radius 1 is 1.03 bits per heavy atom. The maximum absolute atomic E-state index is 13.4. The summed E-state index contributed by atoms with van der Waals surface area (Å²) in [6.45, 7) is 5.91. The molecule has 1 aromatic heterocycles. The summed E-state index contributed by atoms with van der Waals surface area (Å²) in [5, 5.41) is 3.51. The van der Waals surface area contributed by atoms with Gasteiger partial charge < -0.3 is 24.1 Å². The highest BCUT2D eigenvalue weighted by atomic mass is 32.2. The second kappa shape index (κ2) is 9.49.